The fraction of sp³-hybridized carbons (Fsp3) is 0.409. The highest BCUT2D eigenvalue weighted by Crippen LogP contribution is 2.18. The molecule has 7 heteroatoms. The van der Waals surface area contributed by atoms with E-state index in [1.54, 1.807) is 26.2 Å². The van der Waals surface area contributed by atoms with E-state index >= 15 is 0 Å². The van der Waals surface area contributed by atoms with Crippen LogP contribution in [0.25, 0.3) is 0 Å². The van der Waals surface area contributed by atoms with Crippen molar-refractivity contribution in [2.45, 2.75) is 19.4 Å². The van der Waals surface area contributed by atoms with Gasteiger partial charge in [0.2, 0.25) is 0 Å². The maximum atomic E-state index is 12.3. The quantitative estimate of drug-likeness (QED) is 0.788. The van der Waals surface area contributed by atoms with Crippen LogP contribution in [0, 0.1) is 5.92 Å². The largest absolute Gasteiger partial charge is 0.343 e. The molecule has 0 saturated carbocycles. The van der Waals surface area contributed by atoms with Crippen LogP contribution < -0.4 is 10.6 Å². The third kappa shape index (κ3) is 6.29. The van der Waals surface area contributed by atoms with Crippen LogP contribution in [0.4, 0.5) is 10.5 Å². The van der Waals surface area contributed by atoms with E-state index < -0.39 is 0 Å². The first-order chi connectivity index (χ1) is 14.0. The zero-order valence-electron chi connectivity index (χ0n) is 17.1. The molecule has 2 heterocycles. The lowest BCUT2D eigenvalue weighted by atomic mass is 9.97. The molecule has 154 valence electrons. The molecular weight excluding hydrogens is 366 g/mol. The Morgan fingerprint density at radius 1 is 1.21 bits per heavy atom. The van der Waals surface area contributed by atoms with E-state index in [4.69, 9.17) is 0 Å². The van der Waals surface area contributed by atoms with Gasteiger partial charge in [-0.1, -0.05) is 30.3 Å². The van der Waals surface area contributed by atoms with E-state index in [0.29, 0.717) is 23.8 Å². The molecule has 7 nitrogen and oxygen atoms in total. The summed E-state index contributed by atoms with van der Waals surface area (Å²) in [6.45, 7) is 3.65. The lowest BCUT2D eigenvalue weighted by molar-refractivity contribution is 0.0822. The normalized spacial score (nSPS) is 16.8. The summed E-state index contributed by atoms with van der Waals surface area (Å²) < 4.78 is 0. The van der Waals surface area contributed by atoms with Gasteiger partial charge in [0.05, 0.1) is 0 Å². The lowest BCUT2D eigenvalue weighted by Gasteiger charge is -2.32. The molecular formula is C22H29N5O2. The van der Waals surface area contributed by atoms with E-state index in [1.165, 1.54) is 16.7 Å². The number of urea groups is 1. The lowest BCUT2D eigenvalue weighted by Crippen LogP contribution is -2.41. The van der Waals surface area contributed by atoms with Crippen molar-refractivity contribution in [1.29, 1.82) is 0 Å². The van der Waals surface area contributed by atoms with E-state index in [0.717, 1.165) is 32.5 Å². The van der Waals surface area contributed by atoms with Crippen LogP contribution in [0.5, 0.6) is 0 Å². The van der Waals surface area contributed by atoms with Gasteiger partial charge in [0.1, 0.15) is 5.69 Å². The van der Waals surface area contributed by atoms with Crippen molar-refractivity contribution >= 4 is 17.6 Å². The zero-order valence-corrected chi connectivity index (χ0v) is 17.1. The number of carbonyl (C=O) groups is 2. The van der Waals surface area contributed by atoms with E-state index in [2.05, 4.69) is 44.8 Å². The van der Waals surface area contributed by atoms with Crippen LogP contribution in [0.15, 0.2) is 48.7 Å². The molecule has 0 radical (unpaired) electrons. The molecule has 3 amide bonds. The number of benzene rings is 1. The van der Waals surface area contributed by atoms with Gasteiger partial charge in [-0.25, -0.2) is 4.79 Å². The number of piperidine rings is 1. The summed E-state index contributed by atoms with van der Waals surface area (Å²) in [5.74, 6) is 0.233. The van der Waals surface area contributed by atoms with Gasteiger partial charge in [0, 0.05) is 45.6 Å². The molecule has 29 heavy (non-hydrogen) atoms. The topological polar surface area (TPSA) is 77.6 Å². The molecule has 0 bridgehead atoms. The van der Waals surface area contributed by atoms with Crippen LogP contribution in [0.3, 0.4) is 0 Å². The Morgan fingerprint density at radius 2 is 2.00 bits per heavy atom. The Bertz CT molecular complexity index is 825. The van der Waals surface area contributed by atoms with Crippen LogP contribution in [-0.4, -0.2) is 60.5 Å². The minimum atomic E-state index is -0.264. The van der Waals surface area contributed by atoms with Crippen LogP contribution >= 0.6 is 0 Å². The second-order valence-electron chi connectivity index (χ2n) is 7.69. The number of nitrogens with zero attached hydrogens (tertiary/aromatic N) is 3. The fourth-order valence-electron chi connectivity index (χ4n) is 3.57. The molecule has 1 fully saturated rings. The van der Waals surface area contributed by atoms with Gasteiger partial charge in [-0.05, 0) is 43.0 Å². The number of carbonyl (C=O) groups excluding carboxylic acids is 2. The summed E-state index contributed by atoms with van der Waals surface area (Å²) in [4.78, 5) is 32.3. The molecule has 3 rings (SSSR count). The van der Waals surface area contributed by atoms with Crippen LogP contribution in [0.1, 0.15) is 28.9 Å². The molecule has 1 atom stereocenters. The average Bonchev–Trinajstić information content (AvgIpc) is 2.73. The Hall–Kier alpha value is -2.93. The predicted octanol–water partition coefficient (Wildman–Crippen LogP) is 2.82. The number of pyridine rings is 1. The van der Waals surface area contributed by atoms with E-state index in [9.17, 15) is 9.59 Å². The molecule has 1 aromatic carbocycles. The minimum absolute atomic E-state index is 0.199. The molecule has 2 N–H and O–H groups in total. The maximum absolute atomic E-state index is 12.3. The third-order valence-electron chi connectivity index (χ3n) is 5.05. The van der Waals surface area contributed by atoms with Crippen molar-refractivity contribution in [2.75, 3.05) is 39.0 Å². The van der Waals surface area contributed by atoms with Gasteiger partial charge in [0.25, 0.3) is 5.91 Å². The first kappa shape index (κ1) is 20.8. The van der Waals surface area contributed by atoms with Crippen molar-refractivity contribution in [1.82, 2.24) is 20.1 Å². The van der Waals surface area contributed by atoms with Crippen molar-refractivity contribution in [3.05, 3.63) is 59.9 Å². The monoisotopic (exact) mass is 395 g/mol. The van der Waals surface area contributed by atoms with Crippen molar-refractivity contribution in [2.24, 2.45) is 5.92 Å². The predicted molar refractivity (Wildman–Crippen MR) is 114 cm³/mol. The van der Waals surface area contributed by atoms with Crippen molar-refractivity contribution in [3.63, 3.8) is 0 Å². The Morgan fingerprint density at radius 3 is 2.76 bits per heavy atom. The van der Waals surface area contributed by atoms with Gasteiger partial charge in [-0.15, -0.1) is 0 Å². The molecule has 1 aliphatic rings. The molecule has 1 aromatic heterocycles. The molecule has 0 aliphatic carbocycles. The highest BCUT2D eigenvalue weighted by molar-refractivity contribution is 5.95. The second-order valence-corrected chi connectivity index (χ2v) is 7.69. The highest BCUT2D eigenvalue weighted by Gasteiger charge is 2.20. The number of amides is 3. The van der Waals surface area contributed by atoms with Gasteiger partial charge in [-0.2, -0.15) is 0 Å². The number of aromatic nitrogens is 1. The third-order valence-corrected chi connectivity index (χ3v) is 5.05. The summed E-state index contributed by atoms with van der Waals surface area (Å²) in [7, 11) is 3.34. The maximum Gasteiger partial charge on any atom is 0.319 e. The first-order valence-electron chi connectivity index (χ1n) is 10.00. The standard InChI is InChI=1S/C22H29N5O2/c1-26(2)21(28)20-13-19(10-11-23-20)25-22(29)24-14-18-9-6-12-27(16-18)15-17-7-4-3-5-8-17/h3-5,7-8,10-11,13,18H,6,9,12,14-16H2,1-2H3,(H2,23,24,25,29). The number of hydrogen-bond donors (Lipinski definition) is 2. The number of rotatable bonds is 6. The highest BCUT2D eigenvalue weighted by atomic mass is 16.2. The van der Waals surface area contributed by atoms with Gasteiger partial charge < -0.3 is 15.5 Å². The Labute approximate surface area is 172 Å². The zero-order chi connectivity index (χ0) is 20.6. The number of anilines is 1. The van der Waals surface area contributed by atoms with Gasteiger partial charge >= 0.3 is 6.03 Å². The fourth-order valence-corrected chi connectivity index (χ4v) is 3.57. The summed E-state index contributed by atoms with van der Waals surface area (Å²) in [6.07, 6.45) is 3.78. The molecule has 2 aromatic rings. The van der Waals surface area contributed by atoms with E-state index in [-0.39, 0.29) is 11.9 Å². The van der Waals surface area contributed by atoms with Crippen molar-refractivity contribution in [3.8, 4) is 0 Å². The average molecular weight is 396 g/mol. The molecule has 1 unspecified atom stereocenters. The minimum Gasteiger partial charge on any atom is -0.343 e. The summed E-state index contributed by atoms with van der Waals surface area (Å²) in [6, 6.07) is 13.5. The first-order valence-corrected chi connectivity index (χ1v) is 10.00. The van der Waals surface area contributed by atoms with Crippen molar-refractivity contribution < 1.29 is 9.59 Å². The smallest absolute Gasteiger partial charge is 0.319 e. The Balaban J connectivity index is 1.46. The second kappa shape index (κ2) is 10.0. The summed E-state index contributed by atoms with van der Waals surface area (Å²) in [5, 5.41) is 5.76. The molecule has 1 saturated heterocycles. The number of nitrogens with one attached hydrogen (secondary N) is 2. The molecule has 0 spiro atoms. The van der Waals surface area contributed by atoms with Crippen LogP contribution in [0.2, 0.25) is 0 Å². The Kier molecular flexibility index (Phi) is 7.19. The van der Waals surface area contributed by atoms with Crippen LogP contribution in [-0.2, 0) is 6.54 Å². The number of hydrogen-bond acceptors (Lipinski definition) is 4. The SMILES string of the molecule is CN(C)C(=O)c1cc(NC(=O)NCC2CCCN(Cc3ccccc3)C2)ccn1. The van der Waals surface area contributed by atoms with Gasteiger partial charge in [0.15, 0.2) is 0 Å². The summed E-state index contributed by atoms with van der Waals surface area (Å²) >= 11 is 0. The van der Waals surface area contributed by atoms with E-state index in [1.807, 2.05) is 6.07 Å². The molecule has 1 aliphatic heterocycles. The van der Waals surface area contributed by atoms with Gasteiger partial charge in [-0.3, -0.25) is 14.7 Å². The number of likely N-dealkylation sites (tertiary alicyclic amines) is 1. The summed E-state index contributed by atoms with van der Waals surface area (Å²) in [5.41, 5.74) is 2.17.